The topological polar surface area (TPSA) is 28.6 Å². The number of fused-ring (bicyclic) bond motifs is 1. The van der Waals surface area contributed by atoms with Gasteiger partial charge in [0, 0.05) is 27.2 Å². The predicted octanol–water partition coefficient (Wildman–Crippen LogP) is 2.42. The molecule has 19 heavy (non-hydrogen) atoms. The Morgan fingerprint density at radius 2 is 1.58 bits per heavy atom. The van der Waals surface area contributed by atoms with Crippen LogP contribution < -0.4 is 14.5 Å². The van der Waals surface area contributed by atoms with Crippen molar-refractivity contribution in [2.24, 2.45) is 0 Å². The Hall–Kier alpha value is -1.59. The summed E-state index contributed by atoms with van der Waals surface area (Å²) in [5, 5.41) is 0. The second-order valence-corrected chi connectivity index (χ2v) is 5.78. The van der Waals surface area contributed by atoms with Crippen LogP contribution in [0.25, 0.3) is 0 Å². The molecule has 0 saturated carbocycles. The van der Waals surface area contributed by atoms with Gasteiger partial charge in [-0.05, 0) is 20.8 Å². The van der Waals surface area contributed by atoms with Crippen molar-refractivity contribution in [3.05, 3.63) is 11.8 Å². The smallest absolute Gasteiger partial charge is 0.255 e. The first-order valence-electron chi connectivity index (χ1n) is 6.21. The zero-order valence-corrected chi connectivity index (χ0v) is 11.9. The van der Waals surface area contributed by atoms with Crippen molar-refractivity contribution in [1.29, 1.82) is 0 Å². The molecule has 0 N–H and O–H groups in total. The molecule has 4 nitrogen and oxygen atoms in total. The van der Waals surface area contributed by atoms with Crippen LogP contribution in [0.2, 0.25) is 0 Å². The van der Waals surface area contributed by atoms with Crippen LogP contribution in [-0.4, -0.2) is 37.8 Å². The first-order valence-corrected chi connectivity index (χ1v) is 6.21. The molecule has 0 spiro atoms. The number of anilines is 2. The van der Waals surface area contributed by atoms with Gasteiger partial charge in [-0.1, -0.05) is 0 Å². The Balaban J connectivity index is 2.57. The van der Waals surface area contributed by atoms with Crippen LogP contribution in [0.3, 0.4) is 0 Å². The summed E-state index contributed by atoms with van der Waals surface area (Å²) in [6.45, 7) is 6.55. The third kappa shape index (κ3) is 2.57. The fourth-order valence-corrected chi connectivity index (χ4v) is 2.06. The lowest BCUT2D eigenvalue weighted by atomic mass is 10.2. The molecule has 0 aromatic carbocycles. The summed E-state index contributed by atoms with van der Waals surface area (Å²) >= 11 is 0. The van der Waals surface area contributed by atoms with Crippen LogP contribution in [0, 0.1) is 11.8 Å². The second kappa shape index (κ2) is 4.51. The van der Waals surface area contributed by atoms with Crippen molar-refractivity contribution < 1.29 is 13.5 Å². The summed E-state index contributed by atoms with van der Waals surface area (Å²) in [6, 6.07) is 0. The number of aromatic nitrogens is 1. The highest BCUT2D eigenvalue weighted by Crippen LogP contribution is 2.39. The Bertz CT molecular complexity index is 500. The molecule has 0 unspecified atom stereocenters. The van der Waals surface area contributed by atoms with Gasteiger partial charge in [0.15, 0.2) is 0 Å². The van der Waals surface area contributed by atoms with E-state index >= 15 is 0 Å². The normalized spacial score (nSPS) is 15.5. The van der Waals surface area contributed by atoms with Gasteiger partial charge in [-0.15, -0.1) is 0 Å². The van der Waals surface area contributed by atoms with E-state index in [4.69, 9.17) is 4.74 Å². The van der Waals surface area contributed by atoms with Crippen LogP contribution in [-0.2, 0) is 0 Å². The maximum atomic E-state index is 14.5. The molecule has 0 atom stereocenters. The monoisotopic (exact) mass is 271 g/mol. The van der Waals surface area contributed by atoms with E-state index < -0.39 is 17.4 Å². The van der Waals surface area contributed by atoms with Crippen LogP contribution in [0.4, 0.5) is 20.2 Å². The molecule has 1 aliphatic rings. The van der Waals surface area contributed by atoms with E-state index in [0.717, 1.165) is 0 Å². The highest BCUT2D eigenvalue weighted by molar-refractivity contribution is 5.74. The summed E-state index contributed by atoms with van der Waals surface area (Å²) in [5.74, 6) is -1.60. The van der Waals surface area contributed by atoms with Crippen molar-refractivity contribution in [2.45, 2.75) is 26.4 Å². The molecule has 2 heterocycles. The molecule has 2 rings (SSSR count). The standard InChI is InChI=1S/C13H19F2N3O/c1-13(2,3)19-12-8(14)9-10(11(15)16-12)18(5)7-6-17(9)4/h6-7H2,1-5H3. The summed E-state index contributed by atoms with van der Waals surface area (Å²) in [4.78, 5) is 6.98. The van der Waals surface area contributed by atoms with E-state index in [1.807, 2.05) is 0 Å². The molecule has 0 fully saturated rings. The van der Waals surface area contributed by atoms with E-state index in [9.17, 15) is 8.78 Å². The third-order valence-electron chi connectivity index (χ3n) is 2.95. The van der Waals surface area contributed by atoms with Gasteiger partial charge >= 0.3 is 0 Å². The maximum Gasteiger partial charge on any atom is 0.255 e. The number of nitrogens with zero attached hydrogens (tertiary/aromatic N) is 3. The molecule has 106 valence electrons. The Morgan fingerprint density at radius 3 is 2.11 bits per heavy atom. The van der Waals surface area contributed by atoms with Gasteiger partial charge in [0.05, 0.1) is 0 Å². The highest BCUT2D eigenvalue weighted by atomic mass is 19.1. The van der Waals surface area contributed by atoms with Crippen molar-refractivity contribution in [3.8, 4) is 5.88 Å². The minimum absolute atomic E-state index is 0.188. The summed E-state index contributed by atoms with van der Waals surface area (Å²) in [5.41, 5.74) is -0.235. The van der Waals surface area contributed by atoms with Crippen molar-refractivity contribution in [3.63, 3.8) is 0 Å². The summed E-state index contributed by atoms with van der Waals surface area (Å²) in [6.07, 6.45) is 0. The van der Waals surface area contributed by atoms with Gasteiger partial charge in [-0.2, -0.15) is 13.8 Å². The van der Waals surface area contributed by atoms with E-state index in [-0.39, 0.29) is 17.3 Å². The number of likely N-dealkylation sites (N-methyl/N-ethyl adjacent to an activating group) is 2. The van der Waals surface area contributed by atoms with Gasteiger partial charge in [0.2, 0.25) is 11.8 Å². The minimum Gasteiger partial charge on any atom is -0.470 e. The van der Waals surface area contributed by atoms with Gasteiger partial charge in [-0.3, -0.25) is 0 Å². The molecular formula is C13H19F2N3O. The summed E-state index contributed by atoms with van der Waals surface area (Å²) < 4.78 is 33.9. The van der Waals surface area contributed by atoms with Gasteiger partial charge < -0.3 is 14.5 Å². The molecule has 1 aromatic heterocycles. The largest absolute Gasteiger partial charge is 0.470 e. The van der Waals surface area contributed by atoms with Crippen LogP contribution in [0.15, 0.2) is 0 Å². The van der Waals surface area contributed by atoms with E-state index in [0.29, 0.717) is 13.1 Å². The Labute approximate surface area is 112 Å². The molecule has 6 heteroatoms. The van der Waals surface area contributed by atoms with Crippen molar-refractivity contribution >= 4 is 11.4 Å². The lowest BCUT2D eigenvalue weighted by Gasteiger charge is -2.35. The lowest BCUT2D eigenvalue weighted by molar-refractivity contribution is 0.115. The third-order valence-corrected chi connectivity index (χ3v) is 2.95. The average Bonchev–Trinajstić information content (AvgIpc) is 2.26. The SMILES string of the molecule is CN1CCN(C)c2c(F)c(OC(C)(C)C)nc(F)c21. The first kappa shape index (κ1) is 13.8. The number of halogens is 2. The summed E-state index contributed by atoms with van der Waals surface area (Å²) in [7, 11) is 3.45. The zero-order valence-electron chi connectivity index (χ0n) is 11.9. The molecule has 1 aromatic rings. The van der Waals surface area contributed by atoms with E-state index in [1.54, 1.807) is 44.7 Å². The van der Waals surface area contributed by atoms with Crippen LogP contribution in [0.5, 0.6) is 5.88 Å². The fourth-order valence-electron chi connectivity index (χ4n) is 2.06. The van der Waals surface area contributed by atoms with E-state index in [2.05, 4.69) is 4.98 Å². The zero-order chi connectivity index (χ0) is 14.4. The Morgan fingerprint density at radius 1 is 1.05 bits per heavy atom. The number of rotatable bonds is 1. The lowest BCUT2D eigenvalue weighted by Crippen LogP contribution is -2.38. The fraction of sp³-hybridized carbons (Fsp3) is 0.615. The van der Waals surface area contributed by atoms with Crippen molar-refractivity contribution in [2.75, 3.05) is 37.0 Å². The van der Waals surface area contributed by atoms with E-state index in [1.165, 1.54) is 0 Å². The second-order valence-electron chi connectivity index (χ2n) is 5.78. The van der Waals surface area contributed by atoms with Gasteiger partial charge in [0.1, 0.15) is 17.0 Å². The van der Waals surface area contributed by atoms with Gasteiger partial charge in [-0.25, -0.2) is 0 Å². The molecular weight excluding hydrogens is 252 g/mol. The maximum absolute atomic E-state index is 14.5. The van der Waals surface area contributed by atoms with Gasteiger partial charge in [0.25, 0.3) is 5.88 Å². The molecule has 0 amide bonds. The number of ether oxygens (including phenoxy) is 1. The molecule has 1 aliphatic heterocycles. The number of hydrogen-bond acceptors (Lipinski definition) is 4. The average molecular weight is 271 g/mol. The van der Waals surface area contributed by atoms with Crippen molar-refractivity contribution in [1.82, 2.24) is 4.98 Å². The highest BCUT2D eigenvalue weighted by Gasteiger charge is 2.30. The van der Waals surface area contributed by atoms with Crippen LogP contribution in [0.1, 0.15) is 20.8 Å². The number of pyridine rings is 1. The molecule has 0 saturated heterocycles. The number of hydrogen-bond donors (Lipinski definition) is 0. The molecule has 0 bridgehead atoms. The first-order chi connectivity index (χ1) is 8.70. The van der Waals surface area contributed by atoms with Crippen LogP contribution >= 0.6 is 0 Å². The molecule has 0 aliphatic carbocycles. The minimum atomic E-state index is -0.704. The molecule has 0 radical (unpaired) electrons. The Kier molecular flexibility index (Phi) is 3.28. The predicted molar refractivity (Wildman–Crippen MR) is 71.1 cm³/mol. The quantitative estimate of drug-likeness (QED) is 0.733.